The van der Waals surface area contributed by atoms with Gasteiger partial charge in [0.05, 0.1) is 36.4 Å². The highest BCUT2D eigenvalue weighted by atomic mass is 19.1. The van der Waals surface area contributed by atoms with E-state index in [4.69, 9.17) is 10.5 Å². The number of hydrogen-bond acceptors (Lipinski definition) is 8. The lowest BCUT2D eigenvalue weighted by molar-refractivity contribution is -0.128. The van der Waals surface area contributed by atoms with Gasteiger partial charge in [0.25, 0.3) is 0 Å². The third kappa shape index (κ3) is 9.11. The van der Waals surface area contributed by atoms with E-state index in [2.05, 4.69) is 32.3 Å². The fraction of sp³-hybridized carbons (Fsp3) is 0.758. The third-order valence-electron chi connectivity index (χ3n) is 9.77. The molecular weight excluding hydrogens is 564 g/mol. The van der Waals surface area contributed by atoms with E-state index in [0.717, 1.165) is 96.4 Å². The van der Waals surface area contributed by atoms with Gasteiger partial charge in [0.15, 0.2) is 0 Å². The van der Waals surface area contributed by atoms with Crippen molar-refractivity contribution in [2.75, 3.05) is 52.5 Å². The van der Waals surface area contributed by atoms with E-state index in [1.54, 1.807) is 19.2 Å². The first-order valence-electron chi connectivity index (χ1n) is 16.8. The normalized spacial score (nSPS) is 32.9. The lowest BCUT2D eigenvalue weighted by Crippen LogP contribution is -2.64. The molecule has 1 amide bonds. The van der Waals surface area contributed by atoms with Crippen LogP contribution in [0.25, 0.3) is 0 Å². The highest BCUT2D eigenvalue weighted by Crippen LogP contribution is 2.27. The number of unbranched alkanes of at least 4 members (excludes halogenated alkanes) is 2. The van der Waals surface area contributed by atoms with Gasteiger partial charge in [-0.3, -0.25) is 19.6 Å². The molecule has 2 fully saturated rings. The van der Waals surface area contributed by atoms with Crippen LogP contribution in [0.5, 0.6) is 0 Å². The van der Waals surface area contributed by atoms with Crippen molar-refractivity contribution in [1.82, 2.24) is 25.3 Å². The first kappa shape index (κ1) is 34.5. The topological polar surface area (TPSA) is 98.5 Å². The number of carbonyl (C=O) groups is 1. The highest BCUT2D eigenvalue weighted by Gasteiger charge is 2.41. The molecule has 0 aliphatic carbocycles. The average Bonchev–Trinajstić information content (AvgIpc) is 3.02. The van der Waals surface area contributed by atoms with Gasteiger partial charge in [0.2, 0.25) is 5.91 Å². The number of amides is 1. The molecule has 0 saturated carbocycles. The van der Waals surface area contributed by atoms with E-state index in [1.165, 1.54) is 6.08 Å². The second-order valence-electron chi connectivity index (χ2n) is 12.9. The molecule has 4 aliphatic rings. The van der Waals surface area contributed by atoms with Crippen LogP contribution in [0.1, 0.15) is 66.2 Å². The van der Waals surface area contributed by atoms with E-state index in [0.29, 0.717) is 12.6 Å². The molecule has 11 heteroatoms. The Morgan fingerprint density at radius 1 is 1.14 bits per heavy atom. The minimum atomic E-state index is -0.793. The number of nitrogens with one attached hydrogen (secondary N) is 2. The fourth-order valence-electron chi connectivity index (χ4n) is 6.87. The summed E-state index contributed by atoms with van der Waals surface area (Å²) in [6.45, 7) is 14.0. The second kappa shape index (κ2) is 16.8. The number of aliphatic imine (C=N–C) groups is 1. The molecular formula is C33H55F2N7O2. The maximum Gasteiger partial charge on any atom is 0.229 e. The number of hydrogen-bond donors (Lipinski definition) is 3. The Morgan fingerprint density at radius 2 is 1.84 bits per heavy atom. The molecule has 0 aromatic carbocycles. The predicted molar refractivity (Wildman–Crippen MR) is 172 cm³/mol. The molecule has 4 heterocycles. The molecule has 9 nitrogen and oxygen atoms in total. The summed E-state index contributed by atoms with van der Waals surface area (Å²) in [6, 6.07) is -1.11. The number of nitrogens with two attached hydrogens (primary N) is 1. The fourth-order valence-corrected chi connectivity index (χ4v) is 6.87. The van der Waals surface area contributed by atoms with E-state index in [1.807, 2.05) is 18.7 Å². The molecule has 4 aliphatic heterocycles. The van der Waals surface area contributed by atoms with Gasteiger partial charge in [0, 0.05) is 70.4 Å². The molecule has 44 heavy (non-hydrogen) atoms. The van der Waals surface area contributed by atoms with E-state index < -0.39 is 36.0 Å². The molecule has 0 radical (unpaired) electrons. The number of nitrogens with zero attached hydrogens (tertiary/aromatic N) is 4. The van der Waals surface area contributed by atoms with Gasteiger partial charge in [-0.25, -0.2) is 8.78 Å². The lowest BCUT2D eigenvalue weighted by Gasteiger charge is -2.47. The van der Waals surface area contributed by atoms with Crippen molar-refractivity contribution in [3.8, 4) is 0 Å². The van der Waals surface area contributed by atoms with Crippen molar-refractivity contribution in [3.05, 3.63) is 35.7 Å². The number of rotatable bonds is 10. The summed E-state index contributed by atoms with van der Waals surface area (Å²) >= 11 is 0. The quantitative estimate of drug-likeness (QED) is 0.321. The number of ether oxygens (including phenoxy) is 1. The predicted octanol–water partition coefficient (Wildman–Crippen LogP) is 3.70. The lowest BCUT2D eigenvalue weighted by atomic mass is 9.93. The minimum Gasteiger partial charge on any atom is -0.381 e. The highest BCUT2D eigenvalue weighted by molar-refractivity contribution is 5.82. The third-order valence-corrected chi connectivity index (χ3v) is 9.77. The van der Waals surface area contributed by atoms with Crippen LogP contribution in [-0.4, -0.2) is 110 Å². The van der Waals surface area contributed by atoms with Gasteiger partial charge < -0.3 is 26.0 Å². The molecule has 4 N–H and O–H groups in total. The van der Waals surface area contributed by atoms with Crippen LogP contribution < -0.4 is 16.4 Å². The SMILES string of the molecule is CCCCCN1C=C(F)C(N2CCN(C3CCOCC3)CC2)C(NC(=O)C2C(C)N=C/C(F)=C\C=C(\C(C)CC)NC2N)C1. The molecule has 0 aromatic rings. The van der Waals surface area contributed by atoms with Crippen molar-refractivity contribution in [2.24, 2.45) is 22.6 Å². The Morgan fingerprint density at radius 3 is 2.52 bits per heavy atom. The largest absolute Gasteiger partial charge is 0.381 e. The summed E-state index contributed by atoms with van der Waals surface area (Å²) in [7, 11) is 0. The van der Waals surface area contributed by atoms with Crippen molar-refractivity contribution >= 4 is 12.1 Å². The van der Waals surface area contributed by atoms with Crippen molar-refractivity contribution in [2.45, 2.75) is 96.6 Å². The second-order valence-corrected chi connectivity index (χ2v) is 12.9. The molecule has 0 aromatic heterocycles. The molecule has 4 rings (SSSR count). The summed E-state index contributed by atoms with van der Waals surface area (Å²) in [5, 5.41) is 6.51. The summed E-state index contributed by atoms with van der Waals surface area (Å²) in [5.41, 5.74) is 7.43. The number of halogens is 2. The van der Waals surface area contributed by atoms with Gasteiger partial charge >= 0.3 is 0 Å². The summed E-state index contributed by atoms with van der Waals surface area (Å²) in [4.78, 5) is 25.1. The van der Waals surface area contributed by atoms with Gasteiger partial charge in [-0.15, -0.1) is 0 Å². The number of allylic oxidation sites excluding steroid dienone is 4. The number of piperazine rings is 1. The smallest absolute Gasteiger partial charge is 0.229 e. The van der Waals surface area contributed by atoms with Gasteiger partial charge in [-0.2, -0.15) is 0 Å². The Balaban J connectivity index is 1.53. The first-order chi connectivity index (χ1) is 21.2. The molecule has 248 valence electrons. The zero-order valence-electron chi connectivity index (χ0n) is 27.2. The Kier molecular flexibility index (Phi) is 13.2. The van der Waals surface area contributed by atoms with E-state index in [-0.39, 0.29) is 17.7 Å². The Labute approximate surface area is 263 Å². The molecule has 0 spiro atoms. The van der Waals surface area contributed by atoms with Gasteiger partial charge in [0.1, 0.15) is 11.7 Å². The minimum absolute atomic E-state index is 0.0962. The van der Waals surface area contributed by atoms with E-state index >= 15 is 4.39 Å². The van der Waals surface area contributed by atoms with Gasteiger partial charge in [-0.05, 0) is 50.7 Å². The summed E-state index contributed by atoms with van der Waals surface area (Å²) in [6.07, 6.45) is 11.1. The summed E-state index contributed by atoms with van der Waals surface area (Å²) in [5.74, 6) is -1.71. The zero-order valence-corrected chi connectivity index (χ0v) is 27.2. The molecule has 6 unspecified atom stereocenters. The molecule has 2 saturated heterocycles. The van der Waals surface area contributed by atoms with Crippen LogP contribution >= 0.6 is 0 Å². The Bertz CT molecular complexity index is 1050. The van der Waals surface area contributed by atoms with Crippen LogP contribution in [0.3, 0.4) is 0 Å². The standard InChI is InChI=1S/C33H55F2N7O2/c1-5-7-8-13-40-21-27(35)31(42-16-14-41(15-17-42)26-11-18-44-19-12-26)29(22-40)39-33(43)30-24(4)37-20-25(34)9-10-28(23(3)6-2)38-32(30)36/h9-10,20-21,23-24,26,29-32,38H,5-8,11-19,22,36H2,1-4H3,(H,39,43)/b25-9+,28-10-,37-20?. The van der Waals surface area contributed by atoms with Crippen molar-refractivity contribution in [1.29, 1.82) is 0 Å². The Hall–Kier alpha value is -2.34. The maximum atomic E-state index is 16.1. The van der Waals surface area contributed by atoms with Crippen LogP contribution in [0.2, 0.25) is 0 Å². The monoisotopic (exact) mass is 619 g/mol. The van der Waals surface area contributed by atoms with Gasteiger partial charge in [-0.1, -0.05) is 33.6 Å². The zero-order chi connectivity index (χ0) is 31.6. The molecule has 0 bridgehead atoms. The van der Waals surface area contributed by atoms with E-state index in [9.17, 15) is 9.18 Å². The molecule has 6 atom stereocenters. The van der Waals surface area contributed by atoms with Crippen molar-refractivity contribution < 1.29 is 18.3 Å². The average molecular weight is 620 g/mol. The van der Waals surface area contributed by atoms with Crippen molar-refractivity contribution in [3.63, 3.8) is 0 Å². The maximum absolute atomic E-state index is 16.1. The van der Waals surface area contributed by atoms with Crippen LogP contribution in [0.15, 0.2) is 40.7 Å². The first-order valence-corrected chi connectivity index (χ1v) is 16.8. The van der Waals surface area contributed by atoms with Crippen LogP contribution in [0.4, 0.5) is 8.78 Å². The summed E-state index contributed by atoms with van der Waals surface area (Å²) < 4.78 is 36.1. The number of carbonyl (C=O) groups excluding carboxylic acids is 1. The van der Waals surface area contributed by atoms with Crippen LogP contribution in [-0.2, 0) is 9.53 Å². The van der Waals surface area contributed by atoms with Crippen LogP contribution in [0, 0.1) is 11.8 Å².